The van der Waals surface area contributed by atoms with Crippen LogP contribution in [-0.4, -0.2) is 184 Å². The van der Waals surface area contributed by atoms with Gasteiger partial charge in [0.1, 0.15) is 66.4 Å². The van der Waals surface area contributed by atoms with Crippen LogP contribution in [0.1, 0.15) is 133 Å². The second kappa shape index (κ2) is 34.7. The van der Waals surface area contributed by atoms with Crippen molar-refractivity contribution < 1.29 is 73.1 Å². The van der Waals surface area contributed by atoms with Crippen LogP contribution in [0.2, 0.25) is 0 Å². The standard InChI is InChI=1S/C58H98N12O15/c1-13-29(6)42(66-49(76)38(60-12)25-35-21-19-18-20-22-35)52(79)63-39(27-71)50(77)62-37(23-24-41(59)73)48(75)65-44(31(8)15-3)54(81)67-43(30(7)14-2)53(80)64-40(28-72)51(78)68-46-34(11)85-56(83)45(32(9)16-4)69-57(84)58(26-36(58)17-5)70-47(74)33(10)61-55(46)82/h18-22,29-34,36-40,42-46,52-53,60,63-64,71-72,79-80H,13-17,23-28H2,1-12H3,(H2,59,73)(H,61,82)(H,62,77)(H,65,75)(H,66,76)(H,67,81)(H,68,78)(H,69,84)(H,70,74)/t29-,30-,31-,32-,33-,34-,36?,37+,38+,39-,40-,42-,43-,44+,45-,46+,52?,53?,58?/m0/s1. The van der Waals surface area contributed by atoms with Gasteiger partial charge in [-0.2, -0.15) is 0 Å². The molecule has 1 aromatic carbocycles. The van der Waals surface area contributed by atoms with Gasteiger partial charge in [0.15, 0.2) is 0 Å². The van der Waals surface area contributed by atoms with E-state index in [2.05, 4.69) is 58.5 Å². The maximum atomic E-state index is 14.4. The zero-order valence-corrected chi connectivity index (χ0v) is 51.4. The molecule has 85 heavy (non-hydrogen) atoms. The molecule has 1 aliphatic heterocycles. The van der Waals surface area contributed by atoms with Crippen LogP contribution >= 0.6 is 0 Å². The van der Waals surface area contributed by atoms with Crippen LogP contribution in [-0.2, 0) is 59.1 Å². The molecule has 0 bridgehead atoms. The maximum Gasteiger partial charge on any atom is 0.329 e. The summed E-state index contributed by atoms with van der Waals surface area (Å²) in [5.41, 5.74) is 5.03. The predicted molar refractivity (Wildman–Crippen MR) is 313 cm³/mol. The first-order chi connectivity index (χ1) is 40.1. The summed E-state index contributed by atoms with van der Waals surface area (Å²) in [6, 6.07) is -3.94. The molecule has 27 nitrogen and oxygen atoms in total. The molecule has 1 saturated carbocycles. The highest BCUT2D eigenvalue weighted by molar-refractivity contribution is 6.00. The van der Waals surface area contributed by atoms with E-state index in [9.17, 15) is 68.4 Å². The van der Waals surface area contributed by atoms with Gasteiger partial charge in [0.05, 0.1) is 31.3 Å². The number of cyclic esters (lactones) is 1. The number of amides is 9. The molecule has 19 atom stereocenters. The monoisotopic (exact) mass is 1200 g/mol. The van der Waals surface area contributed by atoms with Gasteiger partial charge in [0.25, 0.3) is 0 Å². The summed E-state index contributed by atoms with van der Waals surface area (Å²) in [5.74, 6) is -10.5. The Morgan fingerprint density at radius 1 is 0.682 bits per heavy atom. The number of likely N-dealkylation sites (N-methyl/N-ethyl adjacent to an activating group) is 1. The highest BCUT2D eigenvalue weighted by Crippen LogP contribution is 2.46. The van der Waals surface area contributed by atoms with Gasteiger partial charge in [-0.15, -0.1) is 0 Å². The molecule has 27 heteroatoms. The lowest BCUT2D eigenvalue weighted by molar-refractivity contribution is -0.157. The minimum absolute atomic E-state index is 0.238. The lowest BCUT2D eigenvalue weighted by Crippen LogP contribution is -2.64. The molecule has 0 radical (unpaired) electrons. The minimum atomic E-state index is -1.81. The molecule has 2 aliphatic rings. The number of hydrogen-bond donors (Lipinski definition) is 16. The number of rotatable bonds is 33. The van der Waals surface area contributed by atoms with Crippen molar-refractivity contribution in [3.63, 3.8) is 0 Å². The second-order valence-electron chi connectivity index (χ2n) is 23.0. The Kier molecular flexibility index (Phi) is 29.8. The van der Waals surface area contributed by atoms with Crippen molar-refractivity contribution in [3.8, 4) is 0 Å². The first kappa shape index (κ1) is 72.9. The Hall–Kier alpha value is -6.36. The molecule has 4 unspecified atom stereocenters. The van der Waals surface area contributed by atoms with E-state index >= 15 is 0 Å². The molecule has 1 aliphatic carbocycles. The molecule has 0 aromatic heterocycles. The SMILES string of the molecule is CCC1CC12NC(=O)[C@H](C)NC(=O)[C@H](NC(=O)[C@H](CO)NC(O)[C@@H](NC(=O)[C@H](NC(=O)[C@@H](CCC(N)=O)NC(=O)[C@H](CO)NC(O)[C@@H](NC(=O)[C@@H](Cc1ccccc1)NC)[C@@H](C)CC)[C@@H](C)CC)[C@@H](C)CC)[C@H](C)OC(=O)[C@H]([C@@H](C)CC)NC2=O. The highest BCUT2D eigenvalue weighted by Gasteiger charge is 2.61. The van der Waals surface area contributed by atoms with Gasteiger partial charge < -0.3 is 78.7 Å². The minimum Gasteiger partial charge on any atom is -0.458 e. The average molecular weight is 1200 g/mol. The van der Waals surface area contributed by atoms with Gasteiger partial charge in [-0.1, -0.05) is 125 Å². The van der Waals surface area contributed by atoms with Crippen LogP contribution in [0.4, 0.5) is 0 Å². The lowest BCUT2D eigenvalue weighted by Gasteiger charge is -2.35. The number of primary amides is 1. The third-order valence-electron chi connectivity index (χ3n) is 16.8. The maximum absolute atomic E-state index is 14.4. The van der Waals surface area contributed by atoms with Crippen molar-refractivity contribution in [2.75, 3.05) is 20.3 Å². The molecule has 1 heterocycles. The fourth-order valence-corrected chi connectivity index (χ4v) is 10.0. The third kappa shape index (κ3) is 20.7. The van der Waals surface area contributed by atoms with Gasteiger partial charge in [0.2, 0.25) is 53.2 Å². The third-order valence-corrected chi connectivity index (χ3v) is 16.8. The summed E-state index contributed by atoms with van der Waals surface area (Å²) >= 11 is 0. The summed E-state index contributed by atoms with van der Waals surface area (Å²) in [5, 5.41) is 73.9. The van der Waals surface area contributed by atoms with E-state index in [0.29, 0.717) is 44.9 Å². The zero-order chi connectivity index (χ0) is 64.0. The quantitative estimate of drug-likeness (QED) is 0.0254. The molecule has 1 spiro atoms. The van der Waals surface area contributed by atoms with E-state index in [1.807, 2.05) is 44.2 Å². The molecule has 480 valence electrons. The van der Waals surface area contributed by atoms with Crippen molar-refractivity contribution in [1.82, 2.24) is 58.5 Å². The number of carbonyl (C=O) groups is 10. The van der Waals surface area contributed by atoms with Crippen molar-refractivity contribution in [3.05, 3.63) is 35.9 Å². The van der Waals surface area contributed by atoms with Crippen LogP contribution in [0.15, 0.2) is 30.3 Å². The molecule has 1 saturated heterocycles. The smallest absolute Gasteiger partial charge is 0.329 e. The van der Waals surface area contributed by atoms with Crippen molar-refractivity contribution in [2.45, 2.75) is 218 Å². The number of nitrogens with one attached hydrogen (secondary N) is 11. The predicted octanol–water partition coefficient (Wildman–Crippen LogP) is -2.55. The second-order valence-corrected chi connectivity index (χ2v) is 23.0. The Bertz CT molecular complexity index is 2410. The fourth-order valence-electron chi connectivity index (χ4n) is 10.0. The summed E-state index contributed by atoms with van der Waals surface area (Å²) in [6.07, 6.45) is -2.87. The summed E-state index contributed by atoms with van der Waals surface area (Å²) < 4.78 is 5.75. The van der Waals surface area contributed by atoms with Crippen molar-refractivity contribution >= 4 is 59.1 Å². The summed E-state index contributed by atoms with van der Waals surface area (Å²) in [6.45, 7) is 16.6. The average Bonchev–Trinajstić information content (AvgIpc) is 2.26. The molecule has 2 fully saturated rings. The Labute approximate surface area is 499 Å². The van der Waals surface area contributed by atoms with E-state index in [1.54, 1.807) is 55.5 Å². The van der Waals surface area contributed by atoms with E-state index < -0.39 is 181 Å². The number of aliphatic hydroxyl groups is 4. The van der Waals surface area contributed by atoms with Gasteiger partial charge in [-0.3, -0.25) is 53.8 Å². The molecular formula is C58H98N12O15. The van der Waals surface area contributed by atoms with Crippen LogP contribution < -0.4 is 64.2 Å². The van der Waals surface area contributed by atoms with E-state index in [1.165, 1.54) is 13.8 Å². The van der Waals surface area contributed by atoms with Gasteiger partial charge in [0, 0.05) is 6.42 Å². The van der Waals surface area contributed by atoms with Crippen LogP contribution in [0.25, 0.3) is 0 Å². The number of hydrogen-bond acceptors (Lipinski definition) is 18. The van der Waals surface area contributed by atoms with E-state index in [4.69, 9.17) is 10.5 Å². The van der Waals surface area contributed by atoms with E-state index in [0.717, 1.165) is 5.56 Å². The van der Waals surface area contributed by atoms with Crippen molar-refractivity contribution in [2.24, 2.45) is 35.3 Å². The topological polar surface area (TPSA) is 419 Å². The Balaban J connectivity index is 1.84. The zero-order valence-electron chi connectivity index (χ0n) is 51.4. The van der Waals surface area contributed by atoms with Gasteiger partial charge in [-0.05, 0) is 75.3 Å². The number of benzene rings is 1. The summed E-state index contributed by atoms with van der Waals surface area (Å²) in [7, 11) is 1.63. The van der Waals surface area contributed by atoms with E-state index in [-0.39, 0.29) is 18.3 Å². The summed E-state index contributed by atoms with van der Waals surface area (Å²) in [4.78, 5) is 137. The van der Waals surface area contributed by atoms with Crippen LogP contribution in [0.3, 0.4) is 0 Å². The molecule has 9 amide bonds. The largest absolute Gasteiger partial charge is 0.458 e. The molecule has 3 rings (SSSR count). The van der Waals surface area contributed by atoms with Gasteiger partial charge in [-0.25, -0.2) is 4.79 Å². The van der Waals surface area contributed by atoms with Crippen LogP contribution in [0.5, 0.6) is 0 Å². The Morgan fingerprint density at radius 3 is 1.71 bits per heavy atom. The first-order valence-corrected chi connectivity index (χ1v) is 29.9. The fraction of sp³-hybridized carbons (Fsp3) is 0.724. The lowest BCUT2D eigenvalue weighted by atomic mass is 9.94. The first-order valence-electron chi connectivity index (χ1n) is 29.9. The normalized spacial score (nSPS) is 24.7. The number of esters is 1. The highest BCUT2D eigenvalue weighted by atomic mass is 16.5. The number of aliphatic hydroxyl groups excluding tert-OH is 4. The number of ether oxygens (including phenoxy) is 1. The van der Waals surface area contributed by atoms with Crippen LogP contribution in [0, 0.1) is 29.6 Å². The Morgan fingerprint density at radius 2 is 1.21 bits per heavy atom. The number of carbonyl (C=O) groups excluding carboxylic acids is 10. The van der Waals surface area contributed by atoms with Gasteiger partial charge >= 0.3 is 5.97 Å². The molecular weight excluding hydrogens is 1100 g/mol. The van der Waals surface area contributed by atoms with Crippen molar-refractivity contribution in [1.29, 1.82) is 0 Å². The number of nitrogens with two attached hydrogens (primary N) is 1. The molecule has 1 aromatic rings. The molecule has 17 N–H and O–H groups in total.